The first-order valence-electron chi connectivity index (χ1n) is 8.35. The Morgan fingerprint density at radius 1 is 1.10 bits per heavy atom. The fraction of sp³-hybridized carbons (Fsp3) is 0.941. The highest BCUT2D eigenvalue weighted by molar-refractivity contribution is 5.79. The van der Waals surface area contributed by atoms with Gasteiger partial charge in [0.05, 0.1) is 5.92 Å². The summed E-state index contributed by atoms with van der Waals surface area (Å²) in [5.74, 6) is 1.64. The minimum absolute atomic E-state index is 0.0663. The summed E-state index contributed by atoms with van der Waals surface area (Å²) in [7, 11) is 0. The summed E-state index contributed by atoms with van der Waals surface area (Å²) < 4.78 is 0. The molecule has 3 heteroatoms. The van der Waals surface area contributed by atoms with Gasteiger partial charge in [0.1, 0.15) is 0 Å². The van der Waals surface area contributed by atoms with E-state index in [4.69, 9.17) is 5.73 Å². The molecule has 0 aromatic heterocycles. The van der Waals surface area contributed by atoms with Gasteiger partial charge in [-0.15, -0.1) is 0 Å². The van der Waals surface area contributed by atoms with Crippen LogP contribution < -0.4 is 5.73 Å². The van der Waals surface area contributed by atoms with Crippen LogP contribution in [0.2, 0.25) is 0 Å². The first kappa shape index (κ1) is 15.8. The molecule has 2 N–H and O–H groups in total. The zero-order valence-electron chi connectivity index (χ0n) is 13.7. The topological polar surface area (TPSA) is 46.3 Å². The summed E-state index contributed by atoms with van der Waals surface area (Å²) in [5, 5.41) is 0. The highest BCUT2D eigenvalue weighted by Crippen LogP contribution is 2.36. The molecule has 2 fully saturated rings. The lowest BCUT2D eigenvalue weighted by molar-refractivity contribution is -0.139. The molecule has 2 rings (SSSR count). The van der Waals surface area contributed by atoms with E-state index >= 15 is 0 Å². The van der Waals surface area contributed by atoms with E-state index in [1.54, 1.807) is 0 Å². The number of hydrogen-bond acceptors (Lipinski definition) is 2. The molecule has 1 amide bonds. The Morgan fingerprint density at radius 3 is 2.25 bits per heavy atom. The number of rotatable bonds is 1. The van der Waals surface area contributed by atoms with Gasteiger partial charge in [0.25, 0.3) is 0 Å². The number of amides is 1. The molecule has 1 aliphatic carbocycles. The van der Waals surface area contributed by atoms with Gasteiger partial charge in [-0.25, -0.2) is 0 Å². The van der Waals surface area contributed by atoms with Crippen molar-refractivity contribution in [2.75, 3.05) is 13.1 Å². The molecule has 0 radical (unpaired) electrons. The summed E-state index contributed by atoms with van der Waals surface area (Å²) in [5.41, 5.74) is 6.65. The third-order valence-corrected chi connectivity index (χ3v) is 5.64. The minimum Gasteiger partial charge on any atom is -0.342 e. The highest BCUT2D eigenvalue weighted by atomic mass is 16.2. The molecule has 3 nitrogen and oxygen atoms in total. The zero-order valence-corrected chi connectivity index (χ0v) is 13.7. The van der Waals surface area contributed by atoms with E-state index < -0.39 is 0 Å². The minimum atomic E-state index is 0.0663. The molecule has 0 aromatic carbocycles. The Kier molecular flexibility index (Phi) is 4.78. The van der Waals surface area contributed by atoms with E-state index in [1.165, 1.54) is 6.42 Å². The Balaban J connectivity index is 1.91. The fourth-order valence-corrected chi connectivity index (χ4v) is 3.93. The van der Waals surface area contributed by atoms with Crippen LogP contribution in [-0.2, 0) is 4.79 Å². The van der Waals surface area contributed by atoms with Crippen LogP contribution in [0, 0.1) is 23.2 Å². The maximum Gasteiger partial charge on any atom is 0.227 e. The van der Waals surface area contributed by atoms with Gasteiger partial charge in [0.2, 0.25) is 5.91 Å². The van der Waals surface area contributed by atoms with Crippen LogP contribution in [-0.4, -0.2) is 29.9 Å². The molecule has 1 aliphatic heterocycles. The first-order valence-corrected chi connectivity index (χ1v) is 8.35. The molecule has 116 valence electrons. The van der Waals surface area contributed by atoms with E-state index in [0.29, 0.717) is 17.2 Å². The van der Waals surface area contributed by atoms with Crippen LogP contribution >= 0.6 is 0 Å². The van der Waals surface area contributed by atoms with Crippen molar-refractivity contribution < 1.29 is 4.79 Å². The quantitative estimate of drug-likeness (QED) is 0.802. The number of likely N-dealkylation sites (tertiary alicyclic amines) is 1. The molecular weight excluding hydrogens is 248 g/mol. The van der Waals surface area contributed by atoms with Gasteiger partial charge in [-0.05, 0) is 42.9 Å². The van der Waals surface area contributed by atoms with Crippen LogP contribution in [0.4, 0.5) is 0 Å². The molecule has 0 aromatic rings. The van der Waals surface area contributed by atoms with Crippen molar-refractivity contribution in [3.8, 4) is 0 Å². The predicted molar refractivity (Wildman–Crippen MR) is 83.2 cm³/mol. The lowest BCUT2D eigenvalue weighted by atomic mass is 9.74. The third-order valence-electron chi connectivity index (χ3n) is 5.64. The van der Waals surface area contributed by atoms with Crippen LogP contribution in [0.3, 0.4) is 0 Å². The van der Waals surface area contributed by atoms with Gasteiger partial charge in [-0.2, -0.15) is 0 Å². The molecule has 3 unspecified atom stereocenters. The average molecular weight is 280 g/mol. The smallest absolute Gasteiger partial charge is 0.227 e. The lowest BCUT2D eigenvalue weighted by Crippen LogP contribution is -2.51. The van der Waals surface area contributed by atoms with Crippen LogP contribution in [0.1, 0.15) is 59.8 Å². The first-order chi connectivity index (χ1) is 9.30. The van der Waals surface area contributed by atoms with Crippen molar-refractivity contribution in [2.24, 2.45) is 28.9 Å². The molecule has 1 heterocycles. The van der Waals surface area contributed by atoms with Gasteiger partial charge in [-0.3, -0.25) is 4.79 Å². The third kappa shape index (κ3) is 3.36. The van der Waals surface area contributed by atoms with Crippen molar-refractivity contribution in [3.05, 3.63) is 0 Å². The fourth-order valence-electron chi connectivity index (χ4n) is 3.93. The Labute approximate surface area is 124 Å². The number of nitrogens with two attached hydrogens (primary N) is 1. The van der Waals surface area contributed by atoms with E-state index in [-0.39, 0.29) is 12.0 Å². The molecule has 1 saturated heterocycles. The number of piperidine rings is 1. The maximum atomic E-state index is 12.7. The summed E-state index contributed by atoms with van der Waals surface area (Å²) >= 11 is 0. The van der Waals surface area contributed by atoms with Gasteiger partial charge < -0.3 is 10.6 Å². The van der Waals surface area contributed by atoms with Gasteiger partial charge >= 0.3 is 0 Å². The lowest BCUT2D eigenvalue weighted by Gasteiger charge is -2.42. The van der Waals surface area contributed by atoms with Gasteiger partial charge in [0, 0.05) is 19.1 Å². The zero-order chi connectivity index (χ0) is 14.9. The van der Waals surface area contributed by atoms with E-state index in [0.717, 1.165) is 44.7 Å². The predicted octanol–water partition coefficient (Wildman–Crippen LogP) is 3.03. The van der Waals surface area contributed by atoms with E-state index in [2.05, 4.69) is 32.6 Å². The Hall–Kier alpha value is -0.570. The number of nitrogens with zero attached hydrogens (tertiary/aromatic N) is 1. The molecular formula is C17H32N2O. The molecule has 20 heavy (non-hydrogen) atoms. The van der Waals surface area contributed by atoms with Crippen molar-refractivity contribution in [1.29, 1.82) is 0 Å². The second-order valence-electron chi connectivity index (χ2n) is 8.06. The maximum absolute atomic E-state index is 12.7. The number of carbonyl (C=O) groups is 1. The van der Waals surface area contributed by atoms with Crippen LogP contribution in [0.15, 0.2) is 0 Å². The second-order valence-corrected chi connectivity index (χ2v) is 8.06. The average Bonchev–Trinajstić information content (AvgIpc) is 2.40. The number of carbonyl (C=O) groups excluding carboxylic acids is 1. The van der Waals surface area contributed by atoms with E-state index in [1.807, 2.05) is 0 Å². The Morgan fingerprint density at radius 2 is 1.70 bits per heavy atom. The van der Waals surface area contributed by atoms with Crippen LogP contribution in [0.25, 0.3) is 0 Å². The summed E-state index contributed by atoms with van der Waals surface area (Å²) in [4.78, 5) is 14.8. The molecule has 3 atom stereocenters. The normalized spacial score (nSPS) is 33.2. The number of hydrogen-bond donors (Lipinski definition) is 1. The standard InChI is InChI=1S/C17H32N2O/c1-12-6-5-7-14(15(12)18)16(20)19-10-8-13(9-11-19)17(2,3)4/h12-15H,5-11,18H2,1-4H3. The SMILES string of the molecule is CC1CCCC(C(=O)N2CCC(C(C)(C)C)CC2)C1N. The van der Waals surface area contributed by atoms with Crippen molar-refractivity contribution >= 4 is 5.91 Å². The van der Waals surface area contributed by atoms with Crippen molar-refractivity contribution in [1.82, 2.24) is 4.90 Å². The second kappa shape index (κ2) is 6.05. The molecule has 0 bridgehead atoms. The summed E-state index contributed by atoms with van der Waals surface area (Å²) in [6.07, 6.45) is 5.61. The monoisotopic (exact) mass is 280 g/mol. The van der Waals surface area contributed by atoms with Gasteiger partial charge in [0.15, 0.2) is 0 Å². The molecule has 2 aliphatic rings. The van der Waals surface area contributed by atoms with Crippen LogP contribution in [0.5, 0.6) is 0 Å². The summed E-state index contributed by atoms with van der Waals surface area (Å²) in [6, 6.07) is 0.0663. The Bertz CT molecular complexity index is 339. The largest absolute Gasteiger partial charge is 0.342 e. The van der Waals surface area contributed by atoms with Gasteiger partial charge in [-0.1, -0.05) is 34.1 Å². The van der Waals surface area contributed by atoms with E-state index in [9.17, 15) is 4.79 Å². The van der Waals surface area contributed by atoms with Crippen molar-refractivity contribution in [3.63, 3.8) is 0 Å². The molecule has 1 saturated carbocycles. The molecule has 0 spiro atoms. The summed E-state index contributed by atoms with van der Waals surface area (Å²) in [6.45, 7) is 11.0. The van der Waals surface area contributed by atoms with Crippen molar-refractivity contribution in [2.45, 2.75) is 65.8 Å². The highest BCUT2D eigenvalue weighted by Gasteiger charge is 2.37.